The van der Waals surface area contributed by atoms with E-state index in [-0.39, 0.29) is 5.91 Å². The number of hydrogen-bond acceptors (Lipinski definition) is 3. The molecule has 0 unspecified atom stereocenters. The van der Waals surface area contributed by atoms with Gasteiger partial charge in [0.05, 0.1) is 12.6 Å². The van der Waals surface area contributed by atoms with Crippen LogP contribution in [0.4, 0.5) is 0 Å². The Hall–Kier alpha value is -1.55. The van der Waals surface area contributed by atoms with E-state index in [1.54, 1.807) is 0 Å². The summed E-state index contributed by atoms with van der Waals surface area (Å²) >= 11 is 0. The molecule has 0 saturated carbocycles. The average Bonchev–Trinajstić information content (AvgIpc) is 2.35. The monoisotopic (exact) mass is 264 g/mol. The lowest BCUT2D eigenvalue weighted by Crippen LogP contribution is -2.42. The first-order valence-electron chi connectivity index (χ1n) is 6.72. The molecule has 106 valence electrons. The van der Waals surface area contributed by atoms with Gasteiger partial charge in [0.25, 0.3) is 0 Å². The molecule has 0 aliphatic carbocycles. The molecule has 1 atom stereocenters. The van der Waals surface area contributed by atoms with Gasteiger partial charge in [-0.1, -0.05) is 31.5 Å². The van der Waals surface area contributed by atoms with Crippen LogP contribution in [0.1, 0.15) is 25.8 Å². The van der Waals surface area contributed by atoms with Crippen LogP contribution >= 0.6 is 0 Å². The van der Waals surface area contributed by atoms with E-state index in [1.807, 2.05) is 45.0 Å². The predicted molar refractivity (Wildman–Crippen MR) is 77.1 cm³/mol. The smallest absolute Gasteiger partial charge is 0.237 e. The van der Waals surface area contributed by atoms with Crippen molar-refractivity contribution in [3.63, 3.8) is 0 Å². The maximum atomic E-state index is 11.6. The second-order valence-electron chi connectivity index (χ2n) is 5.19. The lowest BCUT2D eigenvalue weighted by molar-refractivity contribution is -0.122. The van der Waals surface area contributed by atoms with Crippen LogP contribution in [0.5, 0.6) is 5.75 Å². The van der Waals surface area contributed by atoms with Gasteiger partial charge in [0.2, 0.25) is 5.91 Å². The maximum absolute atomic E-state index is 11.6. The van der Waals surface area contributed by atoms with Crippen LogP contribution in [0.25, 0.3) is 0 Å². The summed E-state index contributed by atoms with van der Waals surface area (Å²) in [5.74, 6) is 1.12. The van der Waals surface area contributed by atoms with Crippen molar-refractivity contribution in [2.45, 2.75) is 33.2 Å². The molecule has 1 rings (SSSR count). The van der Waals surface area contributed by atoms with E-state index in [2.05, 4.69) is 5.32 Å². The van der Waals surface area contributed by atoms with Gasteiger partial charge in [0.1, 0.15) is 12.4 Å². The summed E-state index contributed by atoms with van der Waals surface area (Å²) in [7, 11) is 0. The molecule has 3 N–H and O–H groups in total. The highest BCUT2D eigenvalue weighted by atomic mass is 16.5. The molecule has 0 aliphatic rings. The van der Waals surface area contributed by atoms with E-state index < -0.39 is 6.04 Å². The van der Waals surface area contributed by atoms with Gasteiger partial charge in [0.15, 0.2) is 0 Å². The van der Waals surface area contributed by atoms with Crippen molar-refractivity contribution in [3.05, 3.63) is 29.8 Å². The van der Waals surface area contributed by atoms with Crippen molar-refractivity contribution < 1.29 is 9.53 Å². The predicted octanol–water partition coefficient (Wildman–Crippen LogP) is 1.86. The first kappa shape index (κ1) is 15.5. The van der Waals surface area contributed by atoms with Crippen LogP contribution in [-0.2, 0) is 4.79 Å². The molecule has 0 heterocycles. The number of nitrogens with one attached hydrogen (secondary N) is 1. The third-order valence-corrected chi connectivity index (χ3v) is 2.75. The number of rotatable bonds is 7. The fourth-order valence-corrected chi connectivity index (χ4v) is 1.72. The fraction of sp³-hybridized carbons (Fsp3) is 0.533. The van der Waals surface area contributed by atoms with Crippen LogP contribution in [0, 0.1) is 12.8 Å². The Morgan fingerprint density at radius 1 is 1.32 bits per heavy atom. The summed E-state index contributed by atoms with van der Waals surface area (Å²) in [5, 5.41) is 2.78. The molecular formula is C15H24N2O2. The number of carbonyl (C=O) groups excluding carboxylic acids is 1. The van der Waals surface area contributed by atoms with E-state index in [4.69, 9.17) is 10.5 Å². The van der Waals surface area contributed by atoms with Gasteiger partial charge in [-0.05, 0) is 31.4 Å². The number of ether oxygens (including phenoxy) is 1. The zero-order chi connectivity index (χ0) is 14.3. The van der Waals surface area contributed by atoms with Crippen LogP contribution < -0.4 is 15.8 Å². The molecule has 0 spiro atoms. The molecule has 0 fully saturated rings. The molecule has 19 heavy (non-hydrogen) atoms. The highest BCUT2D eigenvalue weighted by Crippen LogP contribution is 2.10. The van der Waals surface area contributed by atoms with Gasteiger partial charge in [-0.25, -0.2) is 0 Å². The summed E-state index contributed by atoms with van der Waals surface area (Å²) in [6.07, 6.45) is 0.699. The number of aryl methyl sites for hydroxylation is 1. The number of carbonyl (C=O) groups is 1. The fourth-order valence-electron chi connectivity index (χ4n) is 1.72. The van der Waals surface area contributed by atoms with Gasteiger partial charge < -0.3 is 15.8 Å². The molecule has 4 heteroatoms. The molecule has 0 saturated heterocycles. The molecule has 1 aromatic carbocycles. The van der Waals surface area contributed by atoms with Crippen LogP contribution in [-0.4, -0.2) is 25.1 Å². The second-order valence-corrected chi connectivity index (χ2v) is 5.19. The van der Waals surface area contributed by atoms with E-state index in [9.17, 15) is 4.79 Å². The van der Waals surface area contributed by atoms with E-state index in [0.717, 1.165) is 5.75 Å². The Morgan fingerprint density at radius 3 is 2.53 bits per heavy atom. The lowest BCUT2D eigenvalue weighted by atomic mass is 10.0. The third-order valence-electron chi connectivity index (χ3n) is 2.75. The first-order valence-corrected chi connectivity index (χ1v) is 6.72. The lowest BCUT2D eigenvalue weighted by Gasteiger charge is -2.14. The molecule has 0 bridgehead atoms. The van der Waals surface area contributed by atoms with Crippen LogP contribution in [0.3, 0.4) is 0 Å². The minimum Gasteiger partial charge on any atom is -0.492 e. The topological polar surface area (TPSA) is 64.3 Å². The van der Waals surface area contributed by atoms with Gasteiger partial charge in [-0.15, -0.1) is 0 Å². The zero-order valence-electron chi connectivity index (χ0n) is 12.0. The normalized spacial score (nSPS) is 12.3. The third kappa shape index (κ3) is 6.25. The van der Waals surface area contributed by atoms with Gasteiger partial charge >= 0.3 is 0 Å². The van der Waals surface area contributed by atoms with Crippen molar-refractivity contribution >= 4 is 5.91 Å². The highest BCUT2D eigenvalue weighted by molar-refractivity contribution is 5.81. The molecule has 1 aromatic rings. The summed E-state index contributed by atoms with van der Waals surface area (Å²) in [6, 6.07) is 7.39. The first-order chi connectivity index (χ1) is 8.99. The number of hydrogen-bond donors (Lipinski definition) is 2. The quantitative estimate of drug-likeness (QED) is 0.739. The number of amides is 1. The van der Waals surface area contributed by atoms with Crippen molar-refractivity contribution in [2.75, 3.05) is 13.2 Å². The molecule has 0 aromatic heterocycles. The highest BCUT2D eigenvalue weighted by Gasteiger charge is 2.13. The molecule has 4 nitrogen and oxygen atoms in total. The molecule has 0 aliphatic heterocycles. The Balaban J connectivity index is 2.20. The van der Waals surface area contributed by atoms with E-state index in [0.29, 0.717) is 25.5 Å². The van der Waals surface area contributed by atoms with Gasteiger partial charge in [-0.2, -0.15) is 0 Å². The van der Waals surface area contributed by atoms with Gasteiger partial charge in [-0.3, -0.25) is 4.79 Å². The Kier molecular flexibility index (Phi) is 6.36. The summed E-state index contributed by atoms with van der Waals surface area (Å²) in [4.78, 5) is 11.6. The zero-order valence-corrected chi connectivity index (χ0v) is 12.0. The van der Waals surface area contributed by atoms with E-state index >= 15 is 0 Å². The minimum absolute atomic E-state index is 0.110. The van der Waals surface area contributed by atoms with E-state index in [1.165, 1.54) is 5.56 Å². The summed E-state index contributed by atoms with van der Waals surface area (Å²) in [5.41, 5.74) is 6.97. The standard InChI is InChI=1S/C15H24N2O2/c1-11(2)10-14(16)15(18)17-8-9-19-13-6-4-12(3)5-7-13/h4-7,11,14H,8-10,16H2,1-3H3,(H,17,18)/t14-/m0/s1. The molecule has 0 radical (unpaired) electrons. The second kappa shape index (κ2) is 7.79. The van der Waals surface area contributed by atoms with Crippen LogP contribution in [0.15, 0.2) is 24.3 Å². The number of nitrogens with two attached hydrogens (primary N) is 1. The largest absolute Gasteiger partial charge is 0.492 e. The summed E-state index contributed by atoms with van der Waals surface area (Å²) < 4.78 is 5.52. The molecular weight excluding hydrogens is 240 g/mol. The Labute approximate surface area is 115 Å². The maximum Gasteiger partial charge on any atom is 0.237 e. The SMILES string of the molecule is Cc1ccc(OCCNC(=O)[C@@H](N)CC(C)C)cc1. The summed E-state index contributed by atoms with van der Waals surface area (Å²) in [6.45, 7) is 7.04. The van der Waals surface area contributed by atoms with Crippen molar-refractivity contribution in [1.29, 1.82) is 0 Å². The van der Waals surface area contributed by atoms with Crippen molar-refractivity contribution in [2.24, 2.45) is 11.7 Å². The molecule has 1 amide bonds. The van der Waals surface area contributed by atoms with Crippen LogP contribution in [0.2, 0.25) is 0 Å². The Morgan fingerprint density at radius 2 is 1.95 bits per heavy atom. The van der Waals surface area contributed by atoms with Crippen molar-refractivity contribution in [1.82, 2.24) is 5.32 Å². The van der Waals surface area contributed by atoms with Gasteiger partial charge in [0, 0.05) is 0 Å². The minimum atomic E-state index is -0.431. The number of benzene rings is 1. The average molecular weight is 264 g/mol. The Bertz CT molecular complexity index is 388. The van der Waals surface area contributed by atoms with Crippen molar-refractivity contribution in [3.8, 4) is 5.75 Å².